The predicted molar refractivity (Wildman–Crippen MR) is 77.3 cm³/mol. The second-order valence-corrected chi connectivity index (χ2v) is 5.19. The van der Waals surface area contributed by atoms with Crippen molar-refractivity contribution in [1.82, 2.24) is 0 Å². The highest BCUT2D eigenvalue weighted by atomic mass is 19.1. The summed E-state index contributed by atoms with van der Waals surface area (Å²) in [4.78, 5) is 4.42. The van der Waals surface area contributed by atoms with Crippen molar-refractivity contribution in [2.45, 2.75) is 6.04 Å². The van der Waals surface area contributed by atoms with E-state index < -0.39 is 5.92 Å². The Labute approximate surface area is 129 Å². The summed E-state index contributed by atoms with van der Waals surface area (Å²) < 4.78 is 18.5. The lowest BCUT2D eigenvalue weighted by atomic mass is 10.0. The van der Waals surface area contributed by atoms with Gasteiger partial charge in [-0.1, -0.05) is 0 Å². The highest BCUT2D eigenvalue weighted by Gasteiger charge is 2.28. The van der Waals surface area contributed by atoms with Crippen LogP contribution in [0.3, 0.4) is 0 Å². The number of ether oxygens (including phenoxy) is 1. The molecule has 0 saturated carbocycles. The molecule has 2 rings (SSSR count). The average molecular weight is 302 g/mol. The minimum absolute atomic E-state index is 0.124. The summed E-state index contributed by atoms with van der Waals surface area (Å²) in [7, 11) is 0. The van der Waals surface area contributed by atoms with Crippen LogP contribution in [0.15, 0.2) is 24.3 Å². The van der Waals surface area contributed by atoms with Crippen LogP contribution in [0.2, 0.25) is 0 Å². The number of nitrogens with zero attached hydrogens (tertiary/aromatic N) is 2. The minimum Gasteiger partial charge on any atom is -0.370 e. The van der Waals surface area contributed by atoms with Crippen molar-refractivity contribution in [1.29, 1.82) is 10.5 Å². The number of morpholine rings is 1. The Morgan fingerprint density at radius 2 is 1.86 bits per heavy atom. The zero-order valence-electron chi connectivity index (χ0n) is 12.3. The molecule has 1 saturated heterocycles. The molecule has 0 amide bonds. The van der Waals surface area contributed by atoms with Gasteiger partial charge in [0.1, 0.15) is 18.9 Å². The van der Waals surface area contributed by atoms with E-state index in [2.05, 4.69) is 4.99 Å². The molecule has 0 unspecified atom stereocenters. The number of nitriles is 2. The van der Waals surface area contributed by atoms with E-state index in [0.29, 0.717) is 19.8 Å². The fraction of sp³-hybridized carbons (Fsp3) is 0.438. The molecule has 1 aliphatic heterocycles. The Hall–Kier alpha value is -2.28. The molecule has 5 nitrogen and oxygen atoms in total. The van der Waals surface area contributed by atoms with E-state index >= 15 is 0 Å². The molecule has 0 aliphatic carbocycles. The molecule has 1 fully saturated rings. The maximum absolute atomic E-state index is 13.1. The van der Waals surface area contributed by atoms with Crippen LogP contribution in [0.4, 0.5) is 4.39 Å². The zero-order valence-corrected chi connectivity index (χ0v) is 12.3. The third-order valence-electron chi connectivity index (χ3n) is 3.78. The summed E-state index contributed by atoms with van der Waals surface area (Å²) >= 11 is 0. The van der Waals surface area contributed by atoms with Crippen LogP contribution < -0.4 is 9.89 Å². The molecule has 114 valence electrons. The Bertz CT molecular complexity index is 568. The van der Waals surface area contributed by atoms with Crippen molar-refractivity contribution in [3.63, 3.8) is 0 Å². The normalized spacial score (nSPS) is 17.3. The highest BCUT2D eigenvalue weighted by Crippen LogP contribution is 2.09. The van der Waals surface area contributed by atoms with Gasteiger partial charge in [0.2, 0.25) is 5.92 Å². The van der Waals surface area contributed by atoms with Gasteiger partial charge in [0.25, 0.3) is 0 Å². The quantitative estimate of drug-likeness (QED) is 0.657. The molecule has 0 spiro atoms. The maximum Gasteiger partial charge on any atom is 0.208 e. The van der Waals surface area contributed by atoms with Crippen molar-refractivity contribution in [3.05, 3.63) is 35.6 Å². The number of quaternary nitrogens is 1. The average Bonchev–Trinajstić information content (AvgIpc) is 2.57. The van der Waals surface area contributed by atoms with Crippen molar-refractivity contribution in [2.24, 2.45) is 5.92 Å². The van der Waals surface area contributed by atoms with E-state index in [4.69, 9.17) is 15.3 Å². The van der Waals surface area contributed by atoms with E-state index in [1.54, 1.807) is 12.1 Å². The molecule has 1 heterocycles. The fourth-order valence-electron chi connectivity index (χ4n) is 2.58. The number of rotatable bonds is 5. The number of halogens is 1. The van der Waals surface area contributed by atoms with Gasteiger partial charge in [0.05, 0.1) is 25.4 Å². The lowest BCUT2D eigenvalue weighted by molar-refractivity contribution is -0.946. The van der Waals surface area contributed by atoms with Gasteiger partial charge in [-0.2, -0.15) is 10.5 Å². The fourth-order valence-corrected chi connectivity index (χ4v) is 2.58. The van der Waals surface area contributed by atoms with Crippen molar-refractivity contribution >= 4 is 6.21 Å². The van der Waals surface area contributed by atoms with Gasteiger partial charge < -0.3 is 9.64 Å². The first-order valence-electron chi connectivity index (χ1n) is 7.28. The van der Waals surface area contributed by atoms with E-state index in [1.165, 1.54) is 23.2 Å². The summed E-state index contributed by atoms with van der Waals surface area (Å²) in [5.74, 6) is -1.03. The van der Waals surface area contributed by atoms with Gasteiger partial charge in [-0.3, -0.25) is 0 Å². The lowest BCUT2D eigenvalue weighted by Crippen LogP contribution is -3.16. The zero-order chi connectivity index (χ0) is 15.8. The molecule has 0 aromatic heterocycles. The van der Waals surface area contributed by atoms with E-state index in [9.17, 15) is 4.39 Å². The first kappa shape index (κ1) is 16.1. The van der Waals surface area contributed by atoms with Gasteiger partial charge in [-0.05, 0) is 24.3 Å². The van der Waals surface area contributed by atoms with Gasteiger partial charge >= 0.3 is 0 Å². The van der Waals surface area contributed by atoms with Crippen LogP contribution in [-0.4, -0.2) is 39.1 Å². The summed E-state index contributed by atoms with van der Waals surface area (Å²) in [6.07, 6.45) is 1.51. The van der Waals surface area contributed by atoms with Crippen LogP contribution in [0.25, 0.3) is 0 Å². The first-order valence-corrected chi connectivity index (χ1v) is 7.28. The van der Waals surface area contributed by atoms with Crippen LogP contribution >= 0.6 is 0 Å². The van der Waals surface area contributed by atoms with E-state index in [-0.39, 0.29) is 11.9 Å². The maximum atomic E-state index is 13.1. The van der Waals surface area contributed by atoms with Gasteiger partial charge in [0.15, 0.2) is 18.8 Å². The second-order valence-electron chi connectivity index (χ2n) is 5.19. The largest absolute Gasteiger partial charge is 0.370 e. The monoisotopic (exact) mass is 302 g/mol. The number of nitrogens with one attached hydrogen (secondary N) is 2. The summed E-state index contributed by atoms with van der Waals surface area (Å²) in [5, 5.41) is 17.6. The molecule has 1 aromatic carbocycles. The Morgan fingerprint density at radius 3 is 2.45 bits per heavy atom. The standard InChI is InChI=1S/C16H17FN4O/c17-15-3-1-14(2-4-15)16(21-5-7-22-8-6-21)12-20-11-13(9-18)10-19/h1-4,11,13,16H,5-8,12H2/p+2/t16-/m1/s1. The summed E-state index contributed by atoms with van der Waals surface area (Å²) in [6, 6.07) is 10.4. The molecule has 6 heteroatoms. The molecule has 0 bridgehead atoms. The SMILES string of the molecule is N#CC(C#N)C=[NH+]C[C@H](c1ccc(F)cc1)[NH+]1CCOCC1. The number of hydrogen-bond acceptors (Lipinski definition) is 3. The molecule has 22 heavy (non-hydrogen) atoms. The molecule has 1 aromatic rings. The summed E-state index contributed by atoms with van der Waals surface area (Å²) in [6.45, 7) is 3.75. The van der Waals surface area contributed by atoms with Gasteiger partial charge in [0, 0.05) is 5.56 Å². The number of hydrogen-bond donors (Lipinski definition) is 2. The van der Waals surface area contributed by atoms with Crippen LogP contribution in [0.5, 0.6) is 0 Å². The Kier molecular flexibility index (Phi) is 6.02. The van der Waals surface area contributed by atoms with Crippen LogP contribution in [0, 0.1) is 34.4 Å². The topological polar surface area (TPSA) is 75.2 Å². The molecule has 0 radical (unpaired) electrons. The molecule has 1 aliphatic rings. The highest BCUT2D eigenvalue weighted by molar-refractivity contribution is 5.62. The van der Waals surface area contributed by atoms with Crippen LogP contribution in [-0.2, 0) is 4.74 Å². The smallest absolute Gasteiger partial charge is 0.208 e. The molecular formula is C16H19FN4O+2. The number of benzene rings is 1. The van der Waals surface area contributed by atoms with Crippen molar-refractivity contribution in [2.75, 3.05) is 32.8 Å². The van der Waals surface area contributed by atoms with Crippen molar-refractivity contribution < 1.29 is 19.0 Å². The van der Waals surface area contributed by atoms with Gasteiger partial charge in [-0.25, -0.2) is 9.38 Å². The molecule has 1 atom stereocenters. The lowest BCUT2D eigenvalue weighted by Gasteiger charge is -2.29. The Balaban J connectivity index is 2.13. The van der Waals surface area contributed by atoms with Crippen molar-refractivity contribution in [3.8, 4) is 12.1 Å². The second kappa shape index (κ2) is 8.23. The van der Waals surface area contributed by atoms with E-state index in [0.717, 1.165) is 18.7 Å². The predicted octanol–water partition coefficient (Wildman–Crippen LogP) is -1.40. The minimum atomic E-state index is -0.770. The van der Waals surface area contributed by atoms with Gasteiger partial charge in [-0.15, -0.1) is 0 Å². The third kappa shape index (κ3) is 4.36. The third-order valence-corrected chi connectivity index (χ3v) is 3.78. The van der Waals surface area contributed by atoms with Crippen LogP contribution in [0.1, 0.15) is 11.6 Å². The first-order chi connectivity index (χ1) is 10.7. The molecular weight excluding hydrogens is 283 g/mol. The van der Waals surface area contributed by atoms with E-state index in [1.807, 2.05) is 12.1 Å². The molecule has 2 N–H and O–H groups in total. The Morgan fingerprint density at radius 1 is 1.23 bits per heavy atom. The summed E-state index contributed by atoms with van der Waals surface area (Å²) in [5.41, 5.74) is 1.03.